The summed E-state index contributed by atoms with van der Waals surface area (Å²) < 4.78 is 23.7. The van der Waals surface area contributed by atoms with Crippen LogP contribution in [0.1, 0.15) is 11.1 Å². The van der Waals surface area contributed by atoms with Crippen molar-refractivity contribution < 1.29 is 23.8 Å². The van der Waals surface area contributed by atoms with Crippen LogP contribution in [0, 0.1) is 12.7 Å². The van der Waals surface area contributed by atoms with Crippen LogP contribution in [0.2, 0.25) is 0 Å². The van der Waals surface area contributed by atoms with Crippen LogP contribution >= 0.6 is 0 Å². The standard InChI is InChI=1S/C11H13FO4/c1-6-4-7(5-8(13)14)9(12)11(16-3)10(6)15-2/h4H,5H2,1-3H3,(H,13,14). The molecule has 88 valence electrons. The molecule has 0 aliphatic carbocycles. The van der Waals surface area contributed by atoms with Crippen LogP contribution in [0.4, 0.5) is 4.39 Å². The van der Waals surface area contributed by atoms with E-state index in [4.69, 9.17) is 14.6 Å². The summed E-state index contributed by atoms with van der Waals surface area (Å²) in [6.07, 6.45) is -0.382. The SMILES string of the molecule is COc1c(C)cc(CC(=O)O)c(F)c1OC. The smallest absolute Gasteiger partial charge is 0.307 e. The van der Waals surface area contributed by atoms with Gasteiger partial charge in [-0.3, -0.25) is 4.79 Å². The molecule has 0 heterocycles. The van der Waals surface area contributed by atoms with Gasteiger partial charge in [-0.25, -0.2) is 4.39 Å². The Bertz CT molecular complexity index is 415. The Labute approximate surface area is 92.6 Å². The predicted octanol–water partition coefficient (Wildman–Crippen LogP) is 1.78. The summed E-state index contributed by atoms with van der Waals surface area (Å²) in [4.78, 5) is 10.5. The summed E-state index contributed by atoms with van der Waals surface area (Å²) in [6, 6.07) is 1.45. The molecular formula is C11H13FO4. The topological polar surface area (TPSA) is 55.8 Å². The highest BCUT2D eigenvalue weighted by Gasteiger charge is 2.19. The maximum absolute atomic E-state index is 13.8. The van der Waals surface area contributed by atoms with Crippen molar-refractivity contribution in [2.24, 2.45) is 0 Å². The van der Waals surface area contributed by atoms with Gasteiger partial charge in [0.25, 0.3) is 0 Å². The second-order valence-electron chi connectivity index (χ2n) is 3.30. The van der Waals surface area contributed by atoms with Crippen LogP contribution in [-0.2, 0) is 11.2 Å². The Balaban J connectivity index is 3.33. The zero-order valence-electron chi connectivity index (χ0n) is 9.33. The summed E-state index contributed by atoms with van der Waals surface area (Å²) in [6.45, 7) is 1.70. The highest BCUT2D eigenvalue weighted by Crippen LogP contribution is 2.35. The van der Waals surface area contributed by atoms with Crippen LogP contribution in [0.3, 0.4) is 0 Å². The second-order valence-corrected chi connectivity index (χ2v) is 3.30. The van der Waals surface area contributed by atoms with E-state index in [0.29, 0.717) is 5.56 Å². The maximum atomic E-state index is 13.8. The normalized spacial score (nSPS) is 10.0. The number of aliphatic carboxylic acids is 1. The van der Waals surface area contributed by atoms with Crippen LogP contribution in [0.5, 0.6) is 11.5 Å². The number of rotatable bonds is 4. The second kappa shape index (κ2) is 4.83. The monoisotopic (exact) mass is 228 g/mol. The molecule has 0 fully saturated rings. The van der Waals surface area contributed by atoms with Gasteiger partial charge in [-0.1, -0.05) is 0 Å². The van der Waals surface area contributed by atoms with E-state index in [1.54, 1.807) is 6.92 Å². The van der Waals surface area contributed by atoms with E-state index < -0.39 is 11.8 Å². The quantitative estimate of drug-likeness (QED) is 0.853. The highest BCUT2D eigenvalue weighted by molar-refractivity contribution is 5.71. The number of benzene rings is 1. The van der Waals surface area contributed by atoms with Gasteiger partial charge in [0.05, 0.1) is 20.6 Å². The van der Waals surface area contributed by atoms with E-state index in [1.165, 1.54) is 20.3 Å². The maximum Gasteiger partial charge on any atom is 0.307 e. The first-order chi connectivity index (χ1) is 7.51. The lowest BCUT2D eigenvalue weighted by molar-refractivity contribution is -0.136. The first-order valence-electron chi connectivity index (χ1n) is 4.63. The van der Waals surface area contributed by atoms with E-state index in [-0.39, 0.29) is 23.5 Å². The molecule has 0 aliphatic heterocycles. The van der Waals surface area contributed by atoms with Crippen molar-refractivity contribution >= 4 is 5.97 Å². The predicted molar refractivity (Wildman–Crippen MR) is 55.6 cm³/mol. The van der Waals surface area contributed by atoms with Crippen molar-refractivity contribution in [1.82, 2.24) is 0 Å². The molecule has 0 aromatic heterocycles. The summed E-state index contributed by atoms with van der Waals surface area (Å²) >= 11 is 0. The number of hydrogen-bond acceptors (Lipinski definition) is 3. The Hall–Kier alpha value is -1.78. The van der Waals surface area contributed by atoms with Gasteiger partial charge in [-0.15, -0.1) is 0 Å². The molecule has 1 rings (SSSR count). The lowest BCUT2D eigenvalue weighted by Gasteiger charge is -2.13. The van der Waals surface area contributed by atoms with Crippen LogP contribution in [0.25, 0.3) is 0 Å². The largest absolute Gasteiger partial charge is 0.492 e. The fraction of sp³-hybridized carbons (Fsp3) is 0.364. The minimum Gasteiger partial charge on any atom is -0.492 e. The van der Waals surface area contributed by atoms with Crippen molar-refractivity contribution in [2.75, 3.05) is 14.2 Å². The zero-order valence-corrected chi connectivity index (χ0v) is 9.33. The third-order valence-corrected chi connectivity index (χ3v) is 2.19. The molecule has 1 aromatic rings. The lowest BCUT2D eigenvalue weighted by atomic mass is 10.1. The summed E-state index contributed by atoms with van der Waals surface area (Å²) in [7, 11) is 2.71. The molecule has 0 amide bonds. The van der Waals surface area contributed by atoms with Crippen LogP contribution in [-0.4, -0.2) is 25.3 Å². The van der Waals surface area contributed by atoms with Gasteiger partial charge >= 0.3 is 5.97 Å². The van der Waals surface area contributed by atoms with Gasteiger partial charge in [0.2, 0.25) is 0 Å². The number of carboxylic acid groups (broad SMARTS) is 1. The molecular weight excluding hydrogens is 215 g/mol. The fourth-order valence-corrected chi connectivity index (χ4v) is 1.54. The molecule has 0 bridgehead atoms. The first kappa shape index (κ1) is 12.3. The molecule has 1 N–H and O–H groups in total. The molecule has 0 radical (unpaired) electrons. The Kier molecular flexibility index (Phi) is 3.71. The number of carbonyl (C=O) groups is 1. The summed E-state index contributed by atoms with van der Waals surface area (Å²) in [5.41, 5.74) is 0.722. The van der Waals surface area contributed by atoms with Gasteiger partial charge in [-0.05, 0) is 18.6 Å². The molecule has 0 saturated carbocycles. The number of methoxy groups -OCH3 is 2. The van der Waals surface area contributed by atoms with E-state index in [1.807, 2.05) is 0 Å². The molecule has 0 spiro atoms. The van der Waals surface area contributed by atoms with Gasteiger partial charge in [-0.2, -0.15) is 0 Å². The number of halogens is 1. The van der Waals surface area contributed by atoms with E-state index >= 15 is 0 Å². The average Bonchev–Trinajstić information content (AvgIpc) is 2.21. The third-order valence-electron chi connectivity index (χ3n) is 2.19. The highest BCUT2D eigenvalue weighted by atomic mass is 19.1. The molecule has 0 saturated heterocycles. The number of aryl methyl sites for hydroxylation is 1. The third kappa shape index (κ3) is 2.24. The van der Waals surface area contributed by atoms with E-state index in [9.17, 15) is 9.18 Å². The molecule has 1 aromatic carbocycles. The summed E-state index contributed by atoms with van der Waals surface area (Å²) in [5, 5.41) is 8.63. The van der Waals surface area contributed by atoms with Crippen molar-refractivity contribution in [2.45, 2.75) is 13.3 Å². The molecule has 0 atom stereocenters. The van der Waals surface area contributed by atoms with Gasteiger partial charge in [0.1, 0.15) is 0 Å². The van der Waals surface area contributed by atoms with Gasteiger partial charge in [0.15, 0.2) is 17.3 Å². The minimum absolute atomic E-state index is 0.0567. The number of ether oxygens (including phenoxy) is 2. The van der Waals surface area contributed by atoms with Gasteiger partial charge < -0.3 is 14.6 Å². The van der Waals surface area contributed by atoms with Crippen molar-refractivity contribution in [3.63, 3.8) is 0 Å². The Morgan fingerprint density at radius 1 is 1.38 bits per heavy atom. The zero-order chi connectivity index (χ0) is 12.3. The Morgan fingerprint density at radius 2 is 1.94 bits per heavy atom. The molecule has 4 nitrogen and oxygen atoms in total. The van der Waals surface area contributed by atoms with Crippen molar-refractivity contribution in [3.05, 3.63) is 23.0 Å². The molecule has 0 unspecified atom stereocenters. The average molecular weight is 228 g/mol. The van der Waals surface area contributed by atoms with Gasteiger partial charge in [0, 0.05) is 5.56 Å². The first-order valence-corrected chi connectivity index (χ1v) is 4.63. The molecule has 16 heavy (non-hydrogen) atoms. The van der Waals surface area contributed by atoms with Crippen molar-refractivity contribution in [3.8, 4) is 11.5 Å². The summed E-state index contributed by atoms with van der Waals surface area (Å²) in [5.74, 6) is -1.55. The lowest BCUT2D eigenvalue weighted by Crippen LogP contribution is -2.06. The van der Waals surface area contributed by atoms with Crippen LogP contribution < -0.4 is 9.47 Å². The fourth-order valence-electron chi connectivity index (χ4n) is 1.54. The Morgan fingerprint density at radius 3 is 2.38 bits per heavy atom. The van der Waals surface area contributed by atoms with Crippen LogP contribution in [0.15, 0.2) is 6.07 Å². The number of hydrogen-bond donors (Lipinski definition) is 1. The molecule has 0 aliphatic rings. The van der Waals surface area contributed by atoms with E-state index in [2.05, 4.69) is 0 Å². The van der Waals surface area contributed by atoms with E-state index in [0.717, 1.165) is 0 Å². The number of carboxylic acids is 1. The van der Waals surface area contributed by atoms with Crippen molar-refractivity contribution in [1.29, 1.82) is 0 Å². The minimum atomic E-state index is -1.09. The molecule has 5 heteroatoms.